The Morgan fingerprint density at radius 2 is 1.95 bits per heavy atom. The van der Waals surface area contributed by atoms with Crippen LogP contribution in [0.1, 0.15) is 54.2 Å². The molecule has 2 aliphatic rings. The molecule has 0 spiro atoms. The number of thiazole rings is 1. The minimum absolute atomic E-state index is 0.354. The maximum absolute atomic E-state index is 12.1. The Bertz CT molecular complexity index is 516. The average Bonchev–Trinajstić information content (AvgIpc) is 3.24. The molecule has 1 aliphatic carbocycles. The van der Waals surface area contributed by atoms with Gasteiger partial charge in [0.05, 0.1) is 10.7 Å². The van der Waals surface area contributed by atoms with Crippen molar-refractivity contribution in [3.8, 4) is 0 Å². The first-order chi connectivity index (χ1) is 10.0. The number of carbonyl (C=O) groups is 1. The zero-order chi connectivity index (χ0) is 15.0. The van der Waals surface area contributed by atoms with Crippen LogP contribution >= 0.6 is 11.3 Å². The number of aryl methyl sites for hydroxylation is 2. The Labute approximate surface area is 130 Å². The van der Waals surface area contributed by atoms with Gasteiger partial charge >= 0.3 is 0 Å². The lowest BCUT2D eigenvalue weighted by Crippen LogP contribution is -2.45. The standard InChI is InChI=1S/C16H25N3OS/c1-10-15(21-12(3)17-10)11(2)18-14-6-8-19(9-7-14)16(20)13-4-5-13/h11,13-14,18H,4-9H2,1-3H3. The Balaban J connectivity index is 1.50. The lowest BCUT2D eigenvalue weighted by Gasteiger charge is -2.34. The predicted molar refractivity (Wildman–Crippen MR) is 85.5 cm³/mol. The number of hydrogen-bond acceptors (Lipinski definition) is 4. The van der Waals surface area contributed by atoms with E-state index in [-0.39, 0.29) is 0 Å². The molecule has 0 aromatic carbocycles. The van der Waals surface area contributed by atoms with Crippen LogP contribution in [-0.2, 0) is 4.79 Å². The van der Waals surface area contributed by atoms with Gasteiger partial charge in [0.15, 0.2) is 0 Å². The maximum Gasteiger partial charge on any atom is 0.225 e. The van der Waals surface area contributed by atoms with Crippen molar-refractivity contribution in [2.45, 2.75) is 58.5 Å². The summed E-state index contributed by atoms with van der Waals surface area (Å²) >= 11 is 1.79. The molecule has 2 heterocycles. The average molecular weight is 307 g/mol. The first-order valence-corrected chi connectivity index (χ1v) is 8.85. The molecule has 21 heavy (non-hydrogen) atoms. The zero-order valence-electron chi connectivity index (χ0n) is 13.2. The number of carbonyl (C=O) groups excluding carboxylic acids is 1. The maximum atomic E-state index is 12.1. The molecule has 3 rings (SSSR count). The minimum atomic E-state index is 0.354. The van der Waals surface area contributed by atoms with E-state index in [1.165, 1.54) is 4.88 Å². The van der Waals surface area contributed by atoms with Crippen LogP contribution in [0.15, 0.2) is 0 Å². The highest BCUT2D eigenvalue weighted by Gasteiger charge is 2.35. The molecule has 1 amide bonds. The van der Waals surface area contributed by atoms with E-state index in [2.05, 4.69) is 36.0 Å². The number of piperidine rings is 1. The van der Waals surface area contributed by atoms with Gasteiger partial charge in [0.2, 0.25) is 5.91 Å². The molecule has 4 nitrogen and oxygen atoms in total. The van der Waals surface area contributed by atoms with E-state index in [1.807, 2.05) is 0 Å². The molecular weight excluding hydrogens is 282 g/mol. The number of hydrogen-bond donors (Lipinski definition) is 1. The van der Waals surface area contributed by atoms with Gasteiger partial charge in [-0.2, -0.15) is 0 Å². The molecule has 1 aromatic rings. The van der Waals surface area contributed by atoms with E-state index in [4.69, 9.17) is 0 Å². The third-order valence-electron chi connectivity index (χ3n) is 4.55. The van der Waals surface area contributed by atoms with Crippen LogP contribution in [0.25, 0.3) is 0 Å². The van der Waals surface area contributed by atoms with Crippen LogP contribution in [0.2, 0.25) is 0 Å². The number of aromatic nitrogens is 1. The molecule has 1 unspecified atom stereocenters. The van der Waals surface area contributed by atoms with Crippen molar-refractivity contribution in [1.82, 2.24) is 15.2 Å². The van der Waals surface area contributed by atoms with Crippen LogP contribution < -0.4 is 5.32 Å². The molecule has 1 atom stereocenters. The number of amides is 1. The van der Waals surface area contributed by atoms with Crippen LogP contribution in [0, 0.1) is 19.8 Å². The first-order valence-electron chi connectivity index (χ1n) is 8.03. The van der Waals surface area contributed by atoms with E-state index < -0.39 is 0 Å². The molecule has 0 radical (unpaired) electrons. The summed E-state index contributed by atoms with van der Waals surface area (Å²) in [6.07, 6.45) is 4.36. The van der Waals surface area contributed by atoms with Gasteiger partial charge in [-0.25, -0.2) is 4.98 Å². The second-order valence-corrected chi connectivity index (χ2v) is 7.68. The van der Waals surface area contributed by atoms with Crippen LogP contribution in [0.3, 0.4) is 0 Å². The van der Waals surface area contributed by atoms with Crippen molar-refractivity contribution in [2.75, 3.05) is 13.1 Å². The topological polar surface area (TPSA) is 45.2 Å². The summed E-state index contributed by atoms with van der Waals surface area (Å²) < 4.78 is 0. The van der Waals surface area contributed by atoms with Crippen molar-refractivity contribution < 1.29 is 4.79 Å². The molecule has 1 saturated carbocycles. The second-order valence-electron chi connectivity index (χ2n) is 6.44. The van der Waals surface area contributed by atoms with Gasteiger partial charge in [-0.05, 0) is 46.5 Å². The van der Waals surface area contributed by atoms with Gasteiger partial charge in [-0.3, -0.25) is 4.79 Å². The van der Waals surface area contributed by atoms with Gasteiger partial charge < -0.3 is 10.2 Å². The monoisotopic (exact) mass is 307 g/mol. The molecule has 5 heteroatoms. The Hall–Kier alpha value is -0.940. The molecule has 1 saturated heterocycles. The molecule has 1 aliphatic heterocycles. The zero-order valence-corrected chi connectivity index (χ0v) is 14.0. The lowest BCUT2D eigenvalue weighted by atomic mass is 10.0. The van der Waals surface area contributed by atoms with Gasteiger partial charge in [0, 0.05) is 36.0 Å². The van der Waals surface area contributed by atoms with Crippen LogP contribution in [0.5, 0.6) is 0 Å². The number of likely N-dealkylation sites (tertiary alicyclic amines) is 1. The van der Waals surface area contributed by atoms with Gasteiger partial charge in [0.1, 0.15) is 0 Å². The highest BCUT2D eigenvalue weighted by atomic mass is 32.1. The molecule has 116 valence electrons. The fraction of sp³-hybridized carbons (Fsp3) is 0.750. The summed E-state index contributed by atoms with van der Waals surface area (Å²) in [5, 5.41) is 4.87. The number of nitrogens with zero attached hydrogens (tertiary/aromatic N) is 2. The quantitative estimate of drug-likeness (QED) is 0.930. The van der Waals surface area contributed by atoms with Crippen molar-refractivity contribution >= 4 is 17.2 Å². The highest BCUT2D eigenvalue weighted by Crippen LogP contribution is 2.32. The summed E-state index contributed by atoms with van der Waals surface area (Å²) in [5.74, 6) is 0.756. The minimum Gasteiger partial charge on any atom is -0.342 e. The summed E-state index contributed by atoms with van der Waals surface area (Å²) in [7, 11) is 0. The van der Waals surface area contributed by atoms with Gasteiger partial charge in [-0.1, -0.05) is 0 Å². The van der Waals surface area contributed by atoms with Crippen LogP contribution in [0.4, 0.5) is 0 Å². The fourth-order valence-corrected chi connectivity index (χ4v) is 4.17. The Morgan fingerprint density at radius 3 is 2.48 bits per heavy atom. The molecular formula is C16H25N3OS. The number of rotatable bonds is 4. The fourth-order valence-electron chi connectivity index (χ4n) is 3.23. The summed E-state index contributed by atoms with van der Waals surface area (Å²) in [4.78, 5) is 20.0. The SMILES string of the molecule is Cc1nc(C)c(C(C)NC2CCN(C(=O)C3CC3)CC2)s1. The van der Waals surface area contributed by atoms with E-state index >= 15 is 0 Å². The normalized spacial score (nSPS) is 21.6. The Kier molecular flexibility index (Phi) is 4.31. The molecule has 1 aromatic heterocycles. The largest absolute Gasteiger partial charge is 0.342 e. The third kappa shape index (κ3) is 3.46. The summed E-state index contributed by atoms with van der Waals surface area (Å²) in [6.45, 7) is 8.21. The van der Waals surface area contributed by atoms with E-state index in [9.17, 15) is 4.79 Å². The third-order valence-corrected chi connectivity index (χ3v) is 5.81. The van der Waals surface area contributed by atoms with Crippen molar-refractivity contribution in [3.05, 3.63) is 15.6 Å². The van der Waals surface area contributed by atoms with E-state index in [1.54, 1.807) is 11.3 Å². The van der Waals surface area contributed by atoms with Crippen molar-refractivity contribution in [3.63, 3.8) is 0 Å². The smallest absolute Gasteiger partial charge is 0.225 e. The second kappa shape index (κ2) is 6.05. The highest BCUT2D eigenvalue weighted by molar-refractivity contribution is 7.11. The van der Waals surface area contributed by atoms with Gasteiger partial charge in [0.25, 0.3) is 0 Å². The van der Waals surface area contributed by atoms with E-state index in [0.717, 1.165) is 49.5 Å². The summed E-state index contributed by atoms with van der Waals surface area (Å²) in [6, 6.07) is 0.872. The van der Waals surface area contributed by atoms with Crippen LogP contribution in [-0.4, -0.2) is 34.9 Å². The van der Waals surface area contributed by atoms with Crippen molar-refractivity contribution in [2.24, 2.45) is 5.92 Å². The van der Waals surface area contributed by atoms with Gasteiger partial charge in [-0.15, -0.1) is 11.3 Å². The van der Waals surface area contributed by atoms with E-state index in [0.29, 0.717) is 23.9 Å². The van der Waals surface area contributed by atoms with Crippen molar-refractivity contribution in [1.29, 1.82) is 0 Å². The molecule has 2 fully saturated rings. The predicted octanol–water partition coefficient (Wildman–Crippen LogP) is 2.81. The lowest BCUT2D eigenvalue weighted by molar-refractivity contribution is -0.133. The first kappa shape index (κ1) is 15.0. The Morgan fingerprint density at radius 1 is 1.29 bits per heavy atom. The number of nitrogens with one attached hydrogen (secondary N) is 1. The molecule has 1 N–H and O–H groups in total. The summed E-state index contributed by atoms with van der Waals surface area (Å²) in [5.41, 5.74) is 1.15. The molecule has 0 bridgehead atoms.